The predicted molar refractivity (Wildman–Crippen MR) is 98.5 cm³/mol. The van der Waals surface area contributed by atoms with Crippen molar-refractivity contribution in [1.29, 1.82) is 0 Å². The number of pyridine rings is 1. The van der Waals surface area contributed by atoms with Gasteiger partial charge in [-0.15, -0.1) is 24.0 Å². The minimum Gasteiger partial charge on any atom is -0.356 e. The number of fused-ring (bicyclic) bond motifs is 1. The summed E-state index contributed by atoms with van der Waals surface area (Å²) < 4.78 is 2.04. The van der Waals surface area contributed by atoms with Crippen LogP contribution in [0.3, 0.4) is 0 Å². The first-order valence-corrected chi connectivity index (χ1v) is 7.06. The van der Waals surface area contributed by atoms with E-state index in [2.05, 4.69) is 40.7 Å². The summed E-state index contributed by atoms with van der Waals surface area (Å²) in [6.07, 6.45) is 4.97. The lowest BCUT2D eigenvalue weighted by Gasteiger charge is -2.12. The Balaban J connectivity index is 0.00000220. The van der Waals surface area contributed by atoms with Gasteiger partial charge in [0.05, 0.1) is 5.69 Å². The van der Waals surface area contributed by atoms with Crippen molar-refractivity contribution in [3.05, 3.63) is 36.3 Å². The summed E-state index contributed by atoms with van der Waals surface area (Å²) >= 11 is 0. The molecule has 0 aliphatic heterocycles. The number of nitrogens with one attached hydrogen (secondary N) is 2. The Morgan fingerprint density at radius 1 is 1.33 bits per heavy atom. The van der Waals surface area contributed by atoms with Crippen LogP contribution in [0, 0.1) is 5.92 Å². The number of halogens is 1. The van der Waals surface area contributed by atoms with Crippen molar-refractivity contribution in [2.24, 2.45) is 10.9 Å². The molecule has 0 amide bonds. The predicted octanol–water partition coefficient (Wildman–Crippen LogP) is 2.32. The van der Waals surface area contributed by atoms with Gasteiger partial charge in [0.25, 0.3) is 0 Å². The van der Waals surface area contributed by atoms with Gasteiger partial charge in [-0.3, -0.25) is 4.99 Å². The highest BCUT2D eigenvalue weighted by Gasteiger charge is 2.02. The van der Waals surface area contributed by atoms with Gasteiger partial charge in [-0.05, 0) is 18.1 Å². The number of hydrogen-bond donors (Lipinski definition) is 2. The van der Waals surface area contributed by atoms with Crippen LogP contribution in [0.5, 0.6) is 0 Å². The molecule has 2 aromatic rings. The number of hydrogen-bond acceptors (Lipinski definition) is 2. The lowest BCUT2D eigenvalue weighted by Crippen LogP contribution is -2.39. The normalized spacial score (nSPS) is 11.5. The van der Waals surface area contributed by atoms with Crippen LogP contribution in [0.25, 0.3) is 5.65 Å². The molecule has 0 radical (unpaired) electrons. The zero-order chi connectivity index (χ0) is 14.4. The summed E-state index contributed by atoms with van der Waals surface area (Å²) in [5.41, 5.74) is 2.08. The van der Waals surface area contributed by atoms with E-state index in [1.165, 1.54) is 0 Å². The van der Waals surface area contributed by atoms with Gasteiger partial charge < -0.3 is 15.0 Å². The second kappa shape index (κ2) is 8.86. The third-order valence-electron chi connectivity index (χ3n) is 2.99. The number of imidazole rings is 1. The highest BCUT2D eigenvalue weighted by atomic mass is 127. The maximum Gasteiger partial charge on any atom is 0.190 e. The molecule has 2 aromatic heterocycles. The third-order valence-corrected chi connectivity index (χ3v) is 2.99. The lowest BCUT2D eigenvalue weighted by molar-refractivity contribution is 0.614. The van der Waals surface area contributed by atoms with Crippen molar-refractivity contribution >= 4 is 35.6 Å². The third kappa shape index (κ3) is 5.53. The van der Waals surface area contributed by atoms with Crippen molar-refractivity contribution < 1.29 is 0 Å². The Kier molecular flexibility index (Phi) is 7.49. The first kappa shape index (κ1) is 17.7. The van der Waals surface area contributed by atoms with E-state index < -0.39 is 0 Å². The average molecular weight is 401 g/mol. The number of guanidine groups is 1. The molecule has 2 heterocycles. The zero-order valence-corrected chi connectivity index (χ0v) is 15.2. The van der Waals surface area contributed by atoms with E-state index in [0.717, 1.165) is 36.8 Å². The minimum absolute atomic E-state index is 0. The van der Waals surface area contributed by atoms with Crippen LogP contribution >= 0.6 is 24.0 Å². The molecule has 21 heavy (non-hydrogen) atoms. The Morgan fingerprint density at radius 2 is 2.14 bits per heavy atom. The number of aliphatic imine (C=N–C) groups is 1. The molecule has 0 aliphatic rings. The van der Waals surface area contributed by atoms with E-state index in [9.17, 15) is 0 Å². The fourth-order valence-electron chi connectivity index (χ4n) is 1.94. The molecular formula is C15H24IN5. The van der Waals surface area contributed by atoms with E-state index in [0.29, 0.717) is 5.92 Å². The second-order valence-corrected chi connectivity index (χ2v) is 5.22. The van der Waals surface area contributed by atoms with Gasteiger partial charge in [0.15, 0.2) is 5.96 Å². The number of rotatable bonds is 5. The standard InChI is InChI=1S/C15H23N5.HI/c1-12(2)10-18-15(16-3)17-8-7-13-11-20-9-5-4-6-14(20)19-13;/h4-6,9,11-12H,7-8,10H2,1-3H3,(H2,16,17,18);1H. The number of nitrogens with zero attached hydrogens (tertiary/aromatic N) is 3. The molecule has 0 unspecified atom stereocenters. The molecule has 6 heteroatoms. The number of aromatic nitrogens is 2. The summed E-state index contributed by atoms with van der Waals surface area (Å²) in [6.45, 7) is 6.10. The lowest BCUT2D eigenvalue weighted by atomic mass is 10.2. The van der Waals surface area contributed by atoms with Crippen LogP contribution in [0.1, 0.15) is 19.5 Å². The van der Waals surface area contributed by atoms with Crippen LogP contribution in [0.4, 0.5) is 0 Å². The van der Waals surface area contributed by atoms with E-state index in [4.69, 9.17) is 0 Å². The molecule has 0 atom stereocenters. The maximum atomic E-state index is 4.57. The van der Waals surface area contributed by atoms with Gasteiger partial charge in [0.2, 0.25) is 0 Å². The van der Waals surface area contributed by atoms with Crippen molar-refractivity contribution in [1.82, 2.24) is 20.0 Å². The molecular weight excluding hydrogens is 377 g/mol. The second-order valence-electron chi connectivity index (χ2n) is 5.22. The van der Waals surface area contributed by atoms with Crippen molar-refractivity contribution in [3.63, 3.8) is 0 Å². The van der Waals surface area contributed by atoms with Gasteiger partial charge in [-0.1, -0.05) is 19.9 Å². The van der Waals surface area contributed by atoms with E-state index >= 15 is 0 Å². The largest absolute Gasteiger partial charge is 0.356 e. The maximum absolute atomic E-state index is 4.57. The summed E-state index contributed by atoms with van der Waals surface area (Å²) in [6, 6.07) is 6.02. The molecule has 2 N–H and O–H groups in total. The van der Waals surface area contributed by atoms with E-state index in [-0.39, 0.29) is 24.0 Å². The van der Waals surface area contributed by atoms with Crippen LogP contribution in [-0.2, 0) is 6.42 Å². The Morgan fingerprint density at radius 3 is 2.81 bits per heavy atom. The zero-order valence-electron chi connectivity index (χ0n) is 12.8. The van der Waals surface area contributed by atoms with Gasteiger partial charge in [0, 0.05) is 39.0 Å². The average Bonchev–Trinajstić information content (AvgIpc) is 2.85. The Hall–Kier alpha value is -1.31. The SMILES string of the molecule is CN=C(NCCc1cn2ccccc2n1)NCC(C)C.I. The molecule has 0 saturated heterocycles. The molecule has 116 valence electrons. The molecule has 0 bridgehead atoms. The quantitative estimate of drug-likeness (QED) is 0.460. The van der Waals surface area contributed by atoms with Crippen LogP contribution < -0.4 is 10.6 Å². The fourth-order valence-corrected chi connectivity index (χ4v) is 1.94. The summed E-state index contributed by atoms with van der Waals surface area (Å²) in [5.74, 6) is 1.45. The van der Waals surface area contributed by atoms with Crippen molar-refractivity contribution in [3.8, 4) is 0 Å². The summed E-state index contributed by atoms with van der Waals surface area (Å²) in [4.78, 5) is 8.78. The van der Waals surface area contributed by atoms with Gasteiger partial charge in [-0.2, -0.15) is 0 Å². The minimum atomic E-state index is 0. The molecule has 5 nitrogen and oxygen atoms in total. The highest BCUT2D eigenvalue weighted by molar-refractivity contribution is 14.0. The molecule has 0 spiro atoms. The van der Waals surface area contributed by atoms with Gasteiger partial charge in [-0.25, -0.2) is 4.98 Å². The fraction of sp³-hybridized carbons (Fsp3) is 0.467. The molecule has 0 fully saturated rings. The molecule has 0 aliphatic carbocycles. The van der Waals surface area contributed by atoms with Crippen LogP contribution in [0.2, 0.25) is 0 Å². The summed E-state index contributed by atoms with van der Waals surface area (Å²) in [5, 5.41) is 6.60. The van der Waals surface area contributed by atoms with Gasteiger partial charge in [0.1, 0.15) is 5.65 Å². The molecule has 0 aromatic carbocycles. The van der Waals surface area contributed by atoms with Crippen LogP contribution in [-0.4, -0.2) is 35.5 Å². The highest BCUT2D eigenvalue weighted by Crippen LogP contribution is 2.04. The Bertz CT molecular complexity index is 543. The van der Waals surface area contributed by atoms with Crippen molar-refractivity contribution in [2.45, 2.75) is 20.3 Å². The molecule has 2 rings (SSSR count). The first-order valence-electron chi connectivity index (χ1n) is 7.06. The Labute approximate surface area is 143 Å². The van der Waals surface area contributed by atoms with E-state index in [1.54, 1.807) is 7.05 Å². The van der Waals surface area contributed by atoms with E-state index in [1.807, 2.05) is 28.8 Å². The smallest absolute Gasteiger partial charge is 0.190 e. The first-order chi connectivity index (χ1) is 9.69. The van der Waals surface area contributed by atoms with Gasteiger partial charge >= 0.3 is 0 Å². The topological polar surface area (TPSA) is 53.7 Å². The molecule has 0 saturated carbocycles. The monoisotopic (exact) mass is 401 g/mol. The van der Waals surface area contributed by atoms with Crippen LogP contribution in [0.15, 0.2) is 35.6 Å². The summed E-state index contributed by atoms with van der Waals surface area (Å²) in [7, 11) is 1.79. The van der Waals surface area contributed by atoms with Crippen molar-refractivity contribution in [2.75, 3.05) is 20.1 Å².